The number of nitrogens with zero attached hydrogens (tertiary/aromatic N) is 1. The second-order valence-corrected chi connectivity index (χ2v) is 3.74. The second-order valence-electron chi connectivity index (χ2n) is 3.74. The predicted octanol–water partition coefficient (Wildman–Crippen LogP) is 0.768. The molecule has 0 saturated carbocycles. The average molecular weight is 327 g/mol. The normalized spacial score (nSPS) is 11.2. The fraction of sp³-hybridized carbons (Fsp3) is 0.364. The molecule has 0 aromatic carbocycles. The molecule has 1 aromatic heterocycles. The van der Waals surface area contributed by atoms with E-state index in [1.807, 2.05) is 0 Å². The van der Waals surface area contributed by atoms with Gasteiger partial charge < -0.3 is 15.5 Å². The number of amides is 1. The Morgan fingerprint density at radius 2 is 2.11 bits per heavy atom. The molecule has 1 atom stereocenters. The van der Waals surface area contributed by atoms with Gasteiger partial charge in [-0.2, -0.15) is 0 Å². The van der Waals surface area contributed by atoms with Crippen LogP contribution in [0, 0.1) is 0 Å². The molecule has 1 aromatic rings. The smallest absolute Gasteiger partial charge is 0.303 e. The molecule has 1 unspecified atom stereocenters. The number of carbonyl (C=O) groups excluding carboxylic acids is 1. The van der Waals surface area contributed by atoms with Crippen LogP contribution in [-0.4, -0.2) is 33.1 Å². The number of hydrogen-bond donors (Lipinski definition) is 3. The summed E-state index contributed by atoms with van der Waals surface area (Å²) in [6.07, 6.45) is 2.91. The van der Waals surface area contributed by atoms with Crippen LogP contribution in [-0.2, 0) is 37.5 Å². The number of carbonyl (C=O) groups is 2. The Morgan fingerprint density at radius 1 is 1.44 bits per heavy atom. The quantitative estimate of drug-likeness (QED) is 0.742. The van der Waals surface area contributed by atoms with Gasteiger partial charge in [0.05, 0.1) is 11.8 Å². The largest absolute Gasteiger partial charge is 0.506 e. The van der Waals surface area contributed by atoms with E-state index in [1.165, 1.54) is 18.5 Å². The Bertz CT molecular complexity index is 425. The molecule has 3 N–H and O–H groups in total. The van der Waals surface area contributed by atoms with E-state index < -0.39 is 5.97 Å². The summed E-state index contributed by atoms with van der Waals surface area (Å²) in [7, 11) is 0. The van der Waals surface area contributed by atoms with Crippen LogP contribution in [0.15, 0.2) is 18.5 Å². The Morgan fingerprint density at radius 3 is 2.67 bits per heavy atom. The molecule has 0 fully saturated rings. The van der Waals surface area contributed by atoms with E-state index in [9.17, 15) is 9.59 Å². The van der Waals surface area contributed by atoms with Gasteiger partial charge in [0.1, 0.15) is 5.75 Å². The third-order valence-electron chi connectivity index (χ3n) is 2.15. The summed E-state index contributed by atoms with van der Waals surface area (Å²) < 4.78 is 0. The first-order chi connectivity index (χ1) is 7.99. The van der Waals surface area contributed by atoms with Gasteiger partial charge in [0.2, 0.25) is 0 Å². The number of aromatic hydroxyl groups is 1. The molecule has 0 aliphatic carbocycles. The van der Waals surface area contributed by atoms with Gasteiger partial charge in [-0.05, 0) is 19.4 Å². The fourth-order valence-electron chi connectivity index (χ4n) is 1.27. The van der Waals surface area contributed by atoms with Crippen molar-refractivity contribution in [3.63, 3.8) is 0 Å². The van der Waals surface area contributed by atoms with Crippen molar-refractivity contribution in [2.75, 3.05) is 0 Å². The molecule has 0 saturated heterocycles. The average Bonchev–Trinajstić information content (AvgIpc) is 2.26. The van der Waals surface area contributed by atoms with Crippen molar-refractivity contribution in [3.8, 4) is 5.75 Å². The van der Waals surface area contributed by atoms with Crippen LogP contribution in [0.5, 0.6) is 5.75 Å². The Balaban J connectivity index is 0.00000289. The molecule has 1 amide bonds. The summed E-state index contributed by atoms with van der Waals surface area (Å²) in [6, 6.07) is 1.05. The first-order valence-electron chi connectivity index (χ1n) is 5.15. The van der Waals surface area contributed by atoms with Crippen LogP contribution in [0.1, 0.15) is 30.1 Å². The van der Waals surface area contributed by atoms with Crippen LogP contribution in [0.3, 0.4) is 0 Å². The topological polar surface area (TPSA) is 99.5 Å². The molecule has 0 aliphatic heterocycles. The minimum absolute atomic E-state index is 0. The minimum Gasteiger partial charge on any atom is -0.506 e. The molecule has 0 aliphatic rings. The van der Waals surface area contributed by atoms with Gasteiger partial charge >= 0.3 is 5.97 Å². The van der Waals surface area contributed by atoms with Crippen molar-refractivity contribution >= 4 is 11.9 Å². The van der Waals surface area contributed by atoms with Gasteiger partial charge in [0, 0.05) is 51.4 Å². The summed E-state index contributed by atoms with van der Waals surface area (Å²) in [5, 5.41) is 20.3. The van der Waals surface area contributed by atoms with Crippen LogP contribution < -0.4 is 5.32 Å². The summed E-state index contributed by atoms with van der Waals surface area (Å²) in [4.78, 5) is 25.7. The number of pyridine rings is 1. The Kier molecular flexibility index (Phi) is 7.70. The van der Waals surface area contributed by atoms with Gasteiger partial charge in [-0.25, -0.2) is 0 Å². The predicted molar refractivity (Wildman–Crippen MR) is 59.7 cm³/mol. The third kappa shape index (κ3) is 6.07. The summed E-state index contributed by atoms with van der Waals surface area (Å²) in [6.45, 7) is 1.72. The SMILES string of the molecule is CC(CCC(=O)O)NC(=O)c1cncc(O)c1.[Y]. The van der Waals surface area contributed by atoms with Crippen LogP contribution in [0.4, 0.5) is 0 Å². The van der Waals surface area contributed by atoms with E-state index in [1.54, 1.807) is 6.92 Å². The van der Waals surface area contributed by atoms with Gasteiger partial charge in [0.25, 0.3) is 5.91 Å². The molecule has 6 nitrogen and oxygen atoms in total. The van der Waals surface area contributed by atoms with Crippen molar-refractivity contribution in [2.24, 2.45) is 0 Å². The summed E-state index contributed by atoms with van der Waals surface area (Å²) in [5.41, 5.74) is 0.243. The van der Waals surface area contributed by atoms with Gasteiger partial charge in [-0.3, -0.25) is 14.6 Å². The number of aromatic nitrogens is 1. The molecular formula is C11H14N2O4Y. The maximum atomic E-state index is 11.6. The van der Waals surface area contributed by atoms with Crippen molar-refractivity contribution in [2.45, 2.75) is 25.8 Å². The Labute approximate surface area is 130 Å². The molecule has 0 bridgehead atoms. The molecule has 7 heteroatoms. The molecule has 1 rings (SSSR count). The van der Waals surface area contributed by atoms with E-state index in [0.29, 0.717) is 6.42 Å². The molecule has 0 spiro atoms. The van der Waals surface area contributed by atoms with Crippen LogP contribution in [0.25, 0.3) is 0 Å². The minimum atomic E-state index is -0.898. The van der Waals surface area contributed by atoms with Crippen LogP contribution in [0.2, 0.25) is 0 Å². The Hall–Kier alpha value is -1.01. The van der Waals surface area contributed by atoms with Gasteiger partial charge in [-0.1, -0.05) is 0 Å². The first kappa shape index (κ1) is 17.0. The maximum absolute atomic E-state index is 11.6. The van der Waals surface area contributed by atoms with E-state index in [2.05, 4.69) is 10.3 Å². The standard InChI is InChI=1S/C11H14N2O4.Y/c1-7(2-3-10(15)16)13-11(17)8-4-9(14)6-12-5-8;/h4-7,14H,2-3H2,1H3,(H,13,17)(H,15,16);. The van der Waals surface area contributed by atoms with Crippen molar-refractivity contribution in [3.05, 3.63) is 24.0 Å². The van der Waals surface area contributed by atoms with Gasteiger partial charge in [-0.15, -0.1) is 0 Å². The van der Waals surface area contributed by atoms with E-state index in [4.69, 9.17) is 10.2 Å². The molecule has 1 heterocycles. The van der Waals surface area contributed by atoms with E-state index in [-0.39, 0.29) is 62.4 Å². The zero-order valence-electron chi connectivity index (χ0n) is 9.96. The number of rotatable bonds is 5. The number of nitrogens with one attached hydrogen (secondary N) is 1. The molecule has 95 valence electrons. The third-order valence-corrected chi connectivity index (χ3v) is 2.15. The van der Waals surface area contributed by atoms with E-state index >= 15 is 0 Å². The summed E-state index contributed by atoms with van der Waals surface area (Å²) in [5.74, 6) is -1.37. The van der Waals surface area contributed by atoms with Crippen molar-refractivity contribution in [1.82, 2.24) is 10.3 Å². The maximum Gasteiger partial charge on any atom is 0.303 e. The van der Waals surface area contributed by atoms with Crippen molar-refractivity contribution in [1.29, 1.82) is 0 Å². The number of carboxylic acid groups (broad SMARTS) is 1. The zero-order chi connectivity index (χ0) is 12.8. The molecular weight excluding hydrogens is 313 g/mol. The monoisotopic (exact) mass is 327 g/mol. The second kappa shape index (κ2) is 8.16. The number of hydrogen-bond acceptors (Lipinski definition) is 4. The van der Waals surface area contributed by atoms with Crippen molar-refractivity contribution < 1.29 is 52.5 Å². The van der Waals surface area contributed by atoms with Crippen LogP contribution >= 0.6 is 0 Å². The van der Waals surface area contributed by atoms with E-state index in [0.717, 1.165) is 0 Å². The molecule has 1 radical (unpaired) electrons. The summed E-state index contributed by atoms with van der Waals surface area (Å²) >= 11 is 0. The zero-order valence-corrected chi connectivity index (χ0v) is 12.8. The van der Waals surface area contributed by atoms with Gasteiger partial charge in [0.15, 0.2) is 0 Å². The molecule has 18 heavy (non-hydrogen) atoms. The first-order valence-corrected chi connectivity index (χ1v) is 5.15. The number of aliphatic carboxylic acids is 1. The number of carboxylic acids is 1. The fourth-order valence-corrected chi connectivity index (χ4v) is 1.27.